The fourth-order valence-electron chi connectivity index (χ4n) is 4.20. The van der Waals surface area contributed by atoms with Gasteiger partial charge in [0.1, 0.15) is 11.6 Å². The van der Waals surface area contributed by atoms with Gasteiger partial charge in [0.2, 0.25) is 0 Å². The molecule has 1 fully saturated rings. The summed E-state index contributed by atoms with van der Waals surface area (Å²) in [5, 5.41) is 9.29. The minimum absolute atomic E-state index is 0.375. The van der Waals surface area contributed by atoms with Crippen molar-refractivity contribution < 1.29 is 18.7 Å². The minimum Gasteiger partial charge on any atom is -0.481 e. The van der Waals surface area contributed by atoms with Crippen LogP contribution in [0.5, 0.6) is 0 Å². The molecule has 30 heavy (non-hydrogen) atoms. The third-order valence-electron chi connectivity index (χ3n) is 5.83. The van der Waals surface area contributed by atoms with Crippen molar-refractivity contribution in [3.8, 4) is 11.1 Å². The smallest absolute Gasteiger partial charge is 0.306 e. The van der Waals surface area contributed by atoms with Gasteiger partial charge in [-0.15, -0.1) is 0 Å². The highest BCUT2D eigenvalue weighted by atomic mass is 19.1. The second-order valence-electron chi connectivity index (χ2n) is 7.70. The number of hydrogen-bond donors (Lipinski definition) is 1. The van der Waals surface area contributed by atoms with Crippen molar-refractivity contribution in [3.05, 3.63) is 95.6 Å². The summed E-state index contributed by atoms with van der Waals surface area (Å²) < 4.78 is 28.2. The lowest BCUT2D eigenvalue weighted by molar-refractivity contribution is -0.143. The third-order valence-corrected chi connectivity index (χ3v) is 5.83. The molecule has 1 aliphatic heterocycles. The second kappa shape index (κ2) is 8.76. The average Bonchev–Trinajstić information content (AvgIpc) is 2.77. The summed E-state index contributed by atoms with van der Waals surface area (Å²) in [7, 11) is 0. The molecule has 0 amide bonds. The molecule has 154 valence electrons. The highest BCUT2D eigenvalue weighted by molar-refractivity contribution is 5.70. The van der Waals surface area contributed by atoms with Gasteiger partial charge < -0.3 is 5.11 Å². The Bertz CT molecular complexity index is 1010. The SMILES string of the molecule is O=C(O)C1CCN(C(c2ccc(-c3ccccc3)cc2)c2ccc(F)cc2F)CC1. The van der Waals surface area contributed by atoms with Crippen LogP contribution in [0.1, 0.15) is 30.0 Å². The van der Waals surface area contributed by atoms with Gasteiger partial charge in [0.05, 0.1) is 12.0 Å². The number of aliphatic carboxylic acids is 1. The number of halogens is 2. The van der Waals surface area contributed by atoms with Crippen molar-refractivity contribution in [1.29, 1.82) is 0 Å². The Morgan fingerprint density at radius 2 is 1.53 bits per heavy atom. The van der Waals surface area contributed by atoms with Crippen LogP contribution in [0, 0.1) is 17.6 Å². The molecule has 4 rings (SSSR count). The zero-order chi connectivity index (χ0) is 21.1. The van der Waals surface area contributed by atoms with E-state index in [0.717, 1.165) is 22.8 Å². The van der Waals surface area contributed by atoms with Gasteiger partial charge in [-0.2, -0.15) is 0 Å². The molecule has 0 aliphatic carbocycles. The van der Waals surface area contributed by atoms with E-state index in [1.165, 1.54) is 12.1 Å². The second-order valence-corrected chi connectivity index (χ2v) is 7.70. The maximum Gasteiger partial charge on any atom is 0.306 e. The lowest BCUT2D eigenvalue weighted by atomic mass is 9.90. The van der Waals surface area contributed by atoms with E-state index in [2.05, 4.69) is 4.90 Å². The van der Waals surface area contributed by atoms with Crippen LogP contribution in [-0.4, -0.2) is 29.1 Å². The number of carboxylic acid groups (broad SMARTS) is 1. The van der Waals surface area contributed by atoms with E-state index in [9.17, 15) is 18.7 Å². The molecule has 3 aromatic carbocycles. The predicted molar refractivity (Wildman–Crippen MR) is 112 cm³/mol. The van der Waals surface area contributed by atoms with Gasteiger partial charge in [-0.1, -0.05) is 60.7 Å². The quantitative estimate of drug-likeness (QED) is 0.606. The first kappa shape index (κ1) is 20.2. The summed E-state index contributed by atoms with van der Waals surface area (Å²) in [6, 6.07) is 21.2. The number of benzene rings is 3. The highest BCUT2D eigenvalue weighted by Gasteiger charge is 2.31. The van der Waals surface area contributed by atoms with E-state index in [-0.39, 0.29) is 5.92 Å². The summed E-state index contributed by atoms with van der Waals surface area (Å²) in [6.07, 6.45) is 1.02. The normalized spacial score (nSPS) is 16.3. The van der Waals surface area contributed by atoms with Crippen molar-refractivity contribution in [1.82, 2.24) is 4.90 Å². The molecule has 1 N–H and O–H groups in total. The number of carbonyl (C=O) groups is 1. The van der Waals surface area contributed by atoms with Crippen LogP contribution in [0.2, 0.25) is 0 Å². The molecular weight excluding hydrogens is 384 g/mol. The van der Waals surface area contributed by atoms with Gasteiger partial charge in [-0.3, -0.25) is 9.69 Å². The highest BCUT2D eigenvalue weighted by Crippen LogP contribution is 2.35. The number of likely N-dealkylation sites (tertiary alicyclic amines) is 1. The summed E-state index contributed by atoms with van der Waals surface area (Å²) in [6.45, 7) is 1.08. The number of nitrogens with zero attached hydrogens (tertiary/aromatic N) is 1. The molecule has 0 bridgehead atoms. The van der Waals surface area contributed by atoms with Crippen LogP contribution < -0.4 is 0 Å². The molecule has 0 aromatic heterocycles. The maximum atomic E-state index is 14.7. The number of rotatable bonds is 5. The molecule has 3 nitrogen and oxygen atoms in total. The molecule has 1 saturated heterocycles. The molecule has 1 atom stereocenters. The van der Waals surface area contributed by atoms with Gasteiger partial charge in [-0.25, -0.2) is 8.78 Å². The van der Waals surface area contributed by atoms with Gasteiger partial charge in [0.15, 0.2) is 0 Å². The Morgan fingerprint density at radius 3 is 2.13 bits per heavy atom. The molecular formula is C25H23F2NO2. The van der Waals surface area contributed by atoms with Gasteiger partial charge in [-0.05, 0) is 48.7 Å². The third kappa shape index (κ3) is 4.26. The Balaban J connectivity index is 1.68. The first-order valence-corrected chi connectivity index (χ1v) is 10.1. The lowest BCUT2D eigenvalue weighted by Crippen LogP contribution is -2.39. The van der Waals surface area contributed by atoms with Crippen LogP contribution in [0.3, 0.4) is 0 Å². The molecule has 0 saturated carbocycles. The van der Waals surface area contributed by atoms with Crippen LogP contribution in [0.25, 0.3) is 11.1 Å². The molecule has 3 aromatic rings. The maximum absolute atomic E-state index is 14.7. The van der Waals surface area contributed by atoms with Gasteiger partial charge >= 0.3 is 5.97 Å². The Morgan fingerprint density at radius 1 is 0.900 bits per heavy atom. The lowest BCUT2D eigenvalue weighted by Gasteiger charge is -2.37. The van der Waals surface area contributed by atoms with E-state index < -0.39 is 23.6 Å². The van der Waals surface area contributed by atoms with Crippen LogP contribution >= 0.6 is 0 Å². The van der Waals surface area contributed by atoms with Crippen LogP contribution in [0.4, 0.5) is 8.78 Å². The summed E-state index contributed by atoms with van der Waals surface area (Å²) in [4.78, 5) is 13.4. The largest absolute Gasteiger partial charge is 0.481 e. The molecule has 1 aliphatic rings. The molecule has 0 spiro atoms. The van der Waals surface area contributed by atoms with Crippen molar-refractivity contribution in [3.63, 3.8) is 0 Å². The number of carboxylic acids is 1. The Labute approximate surface area is 174 Å². The minimum atomic E-state index is -0.786. The Kier molecular flexibility index (Phi) is 5.91. The zero-order valence-electron chi connectivity index (χ0n) is 16.5. The van der Waals surface area contributed by atoms with Crippen LogP contribution in [0.15, 0.2) is 72.8 Å². The zero-order valence-corrected chi connectivity index (χ0v) is 16.5. The summed E-state index contributed by atoms with van der Waals surface area (Å²) in [5.41, 5.74) is 3.45. The topological polar surface area (TPSA) is 40.5 Å². The van der Waals surface area contributed by atoms with E-state index in [4.69, 9.17) is 0 Å². The predicted octanol–water partition coefficient (Wildman–Crippen LogP) is 5.52. The van der Waals surface area contributed by atoms with E-state index in [1.54, 1.807) is 0 Å². The Hall–Kier alpha value is -3.05. The first-order valence-electron chi connectivity index (χ1n) is 10.1. The molecule has 0 radical (unpaired) electrons. The summed E-state index contributed by atoms with van der Waals surface area (Å²) >= 11 is 0. The summed E-state index contributed by atoms with van der Waals surface area (Å²) in [5.74, 6) is -2.36. The molecule has 1 heterocycles. The van der Waals surface area contributed by atoms with Crippen molar-refractivity contribution in [2.75, 3.05) is 13.1 Å². The number of hydrogen-bond acceptors (Lipinski definition) is 2. The first-order chi connectivity index (χ1) is 14.5. The fraction of sp³-hybridized carbons (Fsp3) is 0.240. The van der Waals surface area contributed by atoms with E-state index >= 15 is 0 Å². The molecule has 1 unspecified atom stereocenters. The average molecular weight is 407 g/mol. The van der Waals surface area contributed by atoms with Crippen molar-refractivity contribution in [2.24, 2.45) is 5.92 Å². The molecule has 5 heteroatoms. The van der Waals surface area contributed by atoms with Crippen LogP contribution in [-0.2, 0) is 4.79 Å². The van der Waals surface area contributed by atoms with Gasteiger partial charge in [0, 0.05) is 11.6 Å². The van der Waals surface area contributed by atoms with Gasteiger partial charge in [0.25, 0.3) is 0 Å². The van der Waals surface area contributed by atoms with Crippen molar-refractivity contribution in [2.45, 2.75) is 18.9 Å². The fourth-order valence-corrected chi connectivity index (χ4v) is 4.20. The number of piperidine rings is 1. The van der Waals surface area contributed by atoms with E-state index in [1.807, 2.05) is 54.6 Å². The standard InChI is InChI=1S/C25H23F2NO2/c26-21-10-11-22(23(27)16-21)24(28-14-12-20(13-15-28)25(29)30)19-8-6-18(7-9-19)17-4-2-1-3-5-17/h1-11,16,20,24H,12-15H2,(H,29,30). The monoisotopic (exact) mass is 407 g/mol. The van der Waals surface area contributed by atoms with E-state index in [0.29, 0.717) is 31.5 Å². The van der Waals surface area contributed by atoms with Crippen molar-refractivity contribution >= 4 is 5.97 Å².